The van der Waals surface area contributed by atoms with E-state index in [-0.39, 0.29) is 0 Å². The van der Waals surface area contributed by atoms with E-state index in [2.05, 4.69) is 48.3 Å². The van der Waals surface area contributed by atoms with Gasteiger partial charge in [-0.15, -0.1) is 0 Å². The van der Waals surface area contributed by atoms with Crippen LogP contribution < -0.4 is 0 Å². The van der Waals surface area contributed by atoms with E-state index in [0.29, 0.717) is 0 Å². The van der Waals surface area contributed by atoms with Gasteiger partial charge in [-0.2, -0.15) is 0 Å². The van der Waals surface area contributed by atoms with Crippen LogP contribution in [0.4, 0.5) is 0 Å². The molecule has 0 saturated carbocycles. The van der Waals surface area contributed by atoms with E-state index in [1.807, 2.05) is 12.4 Å². The fourth-order valence-electron chi connectivity index (χ4n) is 1.53. The predicted molar refractivity (Wildman–Crippen MR) is 58.2 cm³/mol. The summed E-state index contributed by atoms with van der Waals surface area (Å²) in [5.41, 5.74) is 4.05. The first-order valence-corrected chi connectivity index (χ1v) is 4.79. The molecule has 0 aliphatic heterocycles. The summed E-state index contributed by atoms with van der Waals surface area (Å²) < 4.78 is 0. The van der Waals surface area contributed by atoms with Crippen LogP contribution in [0.2, 0.25) is 0 Å². The van der Waals surface area contributed by atoms with Crippen LogP contribution in [-0.2, 0) is 6.42 Å². The van der Waals surface area contributed by atoms with Crippen LogP contribution in [0.25, 0.3) is 0 Å². The zero-order valence-corrected chi connectivity index (χ0v) is 8.27. The maximum Gasteiger partial charge on any atom is 0.0270 e. The van der Waals surface area contributed by atoms with Gasteiger partial charge in [-0.05, 0) is 42.2 Å². The van der Waals surface area contributed by atoms with Gasteiger partial charge in [0, 0.05) is 12.4 Å². The zero-order chi connectivity index (χ0) is 9.80. The van der Waals surface area contributed by atoms with Crippen molar-refractivity contribution in [3.8, 4) is 0 Å². The summed E-state index contributed by atoms with van der Waals surface area (Å²) in [6.07, 6.45) is 4.68. The third-order valence-corrected chi connectivity index (χ3v) is 2.41. The fraction of sp³-hybridized carbons (Fsp3) is 0.154. The number of nitrogens with zero attached hydrogens (tertiary/aromatic N) is 1. The average molecular weight is 183 g/mol. The van der Waals surface area contributed by atoms with E-state index in [1.165, 1.54) is 16.7 Å². The fourth-order valence-corrected chi connectivity index (χ4v) is 1.53. The highest BCUT2D eigenvalue weighted by Crippen LogP contribution is 2.12. The Labute approximate surface area is 84.4 Å². The van der Waals surface area contributed by atoms with Crippen LogP contribution in [0, 0.1) is 6.92 Å². The predicted octanol–water partition coefficient (Wildman–Crippen LogP) is 2.98. The SMILES string of the molecule is Cc1ccccc1Cc1ccncc1. The van der Waals surface area contributed by atoms with E-state index in [0.717, 1.165) is 6.42 Å². The van der Waals surface area contributed by atoms with Crippen molar-refractivity contribution in [2.75, 3.05) is 0 Å². The van der Waals surface area contributed by atoms with E-state index in [1.54, 1.807) is 0 Å². The number of aryl methyl sites for hydroxylation is 1. The summed E-state index contributed by atoms with van der Waals surface area (Å²) in [4.78, 5) is 4.01. The molecule has 2 aromatic rings. The molecule has 0 atom stereocenters. The molecular weight excluding hydrogens is 170 g/mol. The minimum Gasteiger partial charge on any atom is -0.265 e. The number of pyridine rings is 1. The normalized spacial score (nSPS) is 10.1. The largest absolute Gasteiger partial charge is 0.265 e. The maximum absolute atomic E-state index is 4.01. The van der Waals surface area contributed by atoms with Gasteiger partial charge in [0.2, 0.25) is 0 Å². The molecule has 1 nitrogen and oxygen atoms in total. The summed E-state index contributed by atoms with van der Waals surface area (Å²) >= 11 is 0. The van der Waals surface area contributed by atoms with Crippen molar-refractivity contribution in [3.05, 3.63) is 65.5 Å². The van der Waals surface area contributed by atoms with E-state index < -0.39 is 0 Å². The topological polar surface area (TPSA) is 12.9 Å². The molecule has 0 N–H and O–H groups in total. The Morgan fingerprint density at radius 1 is 1.00 bits per heavy atom. The number of benzene rings is 1. The number of hydrogen-bond acceptors (Lipinski definition) is 1. The zero-order valence-electron chi connectivity index (χ0n) is 8.27. The first-order chi connectivity index (χ1) is 6.86. The lowest BCUT2D eigenvalue weighted by molar-refractivity contribution is 1.14. The molecule has 1 aromatic carbocycles. The Morgan fingerprint density at radius 2 is 1.71 bits per heavy atom. The van der Waals surface area contributed by atoms with Crippen LogP contribution in [0.5, 0.6) is 0 Å². The highest BCUT2D eigenvalue weighted by atomic mass is 14.6. The summed E-state index contributed by atoms with van der Waals surface area (Å²) in [7, 11) is 0. The lowest BCUT2D eigenvalue weighted by atomic mass is 10.0. The van der Waals surface area contributed by atoms with E-state index >= 15 is 0 Å². The molecule has 1 aromatic heterocycles. The molecule has 70 valence electrons. The van der Waals surface area contributed by atoms with Gasteiger partial charge in [0.05, 0.1) is 0 Å². The molecule has 0 amide bonds. The molecule has 0 fully saturated rings. The van der Waals surface area contributed by atoms with Crippen LogP contribution in [0.3, 0.4) is 0 Å². The molecule has 0 saturated heterocycles. The number of hydrogen-bond donors (Lipinski definition) is 0. The van der Waals surface area contributed by atoms with E-state index in [9.17, 15) is 0 Å². The molecule has 1 heterocycles. The van der Waals surface area contributed by atoms with Crippen LogP contribution in [0.15, 0.2) is 48.8 Å². The first kappa shape index (κ1) is 8.95. The van der Waals surface area contributed by atoms with Gasteiger partial charge >= 0.3 is 0 Å². The Hall–Kier alpha value is -1.63. The van der Waals surface area contributed by atoms with Gasteiger partial charge in [0.15, 0.2) is 0 Å². The first-order valence-electron chi connectivity index (χ1n) is 4.79. The van der Waals surface area contributed by atoms with Crippen LogP contribution in [0.1, 0.15) is 16.7 Å². The average Bonchev–Trinajstić information content (AvgIpc) is 2.23. The van der Waals surface area contributed by atoms with Gasteiger partial charge in [-0.25, -0.2) is 0 Å². The molecule has 14 heavy (non-hydrogen) atoms. The van der Waals surface area contributed by atoms with Gasteiger partial charge in [-0.1, -0.05) is 24.3 Å². The summed E-state index contributed by atoms with van der Waals surface area (Å²) in [6, 6.07) is 12.6. The number of rotatable bonds is 2. The quantitative estimate of drug-likeness (QED) is 0.697. The third kappa shape index (κ3) is 1.99. The molecule has 0 unspecified atom stereocenters. The standard InChI is InChI=1S/C13H13N/c1-11-4-2-3-5-13(11)10-12-6-8-14-9-7-12/h2-9H,10H2,1H3. The molecule has 1 heteroatoms. The summed E-state index contributed by atoms with van der Waals surface area (Å²) in [5.74, 6) is 0. The lowest BCUT2D eigenvalue weighted by Gasteiger charge is -2.04. The van der Waals surface area contributed by atoms with Crippen molar-refractivity contribution in [3.63, 3.8) is 0 Å². The van der Waals surface area contributed by atoms with Crippen molar-refractivity contribution in [1.82, 2.24) is 4.98 Å². The monoisotopic (exact) mass is 183 g/mol. The maximum atomic E-state index is 4.01. The van der Waals surface area contributed by atoms with E-state index in [4.69, 9.17) is 0 Å². The smallest absolute Gasteiger partial charge is 0.0270 e. The van der Waals surface area contributed by atoms with Crippen LogP contribution >= 0.6 is 0 Å². The van der Waals surface area contributed by atoms with Gasteiger partial charge < -0.3 is 0 Å². The molecule has 0 radical (unpaired) electrons. The van der Waals surface area contributed by atoms with Gasteiger partial charge in [0.25, 0.3) is 0 Å². The molecule has 0 aliphatic rings. The summed E-state index contributed by atoms with van der Waals surface area (Å²) in [5, 5.41) is 0. The van der Waals surface area contributed by atoms with Gasteiger partial charge in [0.1, 0.15) is 0 Å². The minimum atomic E-state index is 0.995. The molecule has 0 aliphatic carbocycles. The third-order valence-electron chi connectivity index (χ3n) is 2.41. The second-order valence-electron chi connectivity index (χ2n) is 3.46. The van der Waals surface area contributed by atoms with Crippen molar-refractivity contribution in [2.45, 2.75) is 13.3 Å². The Morgan fingerprint density at radius 3 is 2.43 bits per heavy atom. The Kier molecular flexibility index (Phi) is 2.59. The van der Waals surface area contributed by atoms with Crippen molar-refractivity contribution >= 4 is 0 Å². The molecular formula is C13H13N. The highest BCUT2D eigenvalue weighted by Gasteiger charge is 1.97. The Balaban J connectivity index is 2.24. The minimum absolute atomic E-state index is 0.995. The molecule has 2 rings (SSSR count). The highest BCUT2D eigenvalue weighted by molar-refractivity contribution is 5.30. The molecule has 0 spiro atoms. The second-order valence-corrected chi connectivity index (χ2v) is 3.46. The second kappa shape index (κ2) is 4.05. The van der Waals surface area contributed by atoms with Crippen molar-refractivity contribution < 1.29 is 0 Å². The van der Waals surface area contributed by atoms with Crippen molar-refractivity contribution in [1.29, 1.82) is 0 Å². The van der Waals surface area contributed by atoms with Crippen molar-refractivity contribution in [2.24, 2.45) is 0 Å². The lowest BCUT2D eigenvalue weighted by Crippen LogP contribution is -1.90. The van der Waals surface area contributed by atoms with Crippen LogP contribution in [-0.4, -0.2) is 4.98 Å². The van der Waals surface area contributed by atoms with Gasteiger partial charge in [-0.3, -0.25) is 4.98 Å². The number of aromatic nitrogens is 1. The Bertz CT molecular complexity index is 407. The summed E-state index contributed by atoms with van der Waals surface area (Å²) in [6.45, 7) is 2.15. The molecule has 0 bridgehead atoms.